The van der Waals surface area contributed by atoms with Gasteiger partial charge in [0.1, 0.15) is 5.58 Å². The van der Waals surface area contributed by atoms with Gasteiger partial charge in [0.25, 0.3) is 0 Å². The van der Waals surface area contributed by atoms with E-state index in [1.54, 1.807) is 17.4 Å². The van der Waals surface area contributed by atoms with Gasteiger partial charge in [0.2, 0.25) is 5.43 Å². The number of para-hydroxylation sites is 1. The maximum Gasteiger partial charge on any atom is 0.200 e. The van der Waals surface area contributed by atoms with Crippen LogP contribution in [-0.4, -0.2) is 0 Å². The molecule has 3 rings (SSSR count). The van der Waals surface area contributed by atoms with Crippen molar-refractivity contribution in [3.63, 3.8) is 0 Å². The molecule has 19 heavy (non-hydrogen) atoms. The van der Waals surface area contributed by atoms with Crippen molar-refractivity contribution in [2.24, 2.45) is 0 Å². The zero-order valence-corrected chi connectivity index (χ0v) is 11.2. The number of benzene rings is 1. The highest BCUT2D eigenvalue weighted by Crippen LogP contribution is 2.30. The summed E-state index contributed by atoms with van der Waals surface area (Å²) >= 11 is 1.57. The van der Waals surface area contributed by atoms with Gasteiger partial charge in [-0.05, 0) is 30.5 Å². The maximum absolute atomic E-state index is 12.5. The van der Waals surface area contributed by atoms with Crippen LogP contribution < -0.4 is 5.43 Å². The molecule has 0 fully saturated rings. The Bertz CT molecular complexity index is 795. The van der Waals surface area contributed by atoms with Gasteiger partial charge < -0.3 is 4.42 Å². The Labute approximate surface area is 114 Å². The topological polar surface area (TPSA) is 30.2 Å². The summed E-state index contributed by atoms with van der Waals surface area (Å²) in [7, 11) is 0. The van der Waals surface area contributed by atoms with E-state index in [4.69, 9.17) is 4.42 Å². The third kappa shape index (κ3) is 2.02. The third-order valence-corrected chi connectivity index (χ3v) is 3.78. The second-order valence-corrected chi connectivity index (χ2v) is 5.10. The molecule has 0 aliphatic carbocycles. The van der Waals surface area contributed by atoms with E-state index in [9.17, 15) is 4.79 Å². The van der Waals surface area contributed by atoms with Crippen molar-refractivity contribution < 1.29 is 4.42 Å². The molecule has 0 spiro atoms. The van der Waals surface area contributed by atoms with Crippen molar-refractivity contribution in [3.8, 4) is 10.6 Å². The molecule has 0 saturated carbocycles. The highest BCUT2D eigenvalue weighted by Gasteiger charge is 2.14. The standard InChI is InChI=1S/C16H12O2S/c1-2-6-12-15(17)11-7-3-4-8-13(11)18-16(12)14-9-5-10-19-14/h2-10H,1H3/b6-2+. The first-order chi connectivity index (χ1) is 9.31. The molecule has 0 N–H and O–H groups in total. The van der Waals surface area contributed by atoms with Crippen LogP contribution in [-0.2, 0) is 0 Å². The van der Waals surface area contributed by atoms with Gasteiger partial charge in [0.05, 0.1) is 15.8 Å². The van der Waals surface area contributed by atoms with E-state index >= 15 is 0 Å². The lowest BCUT2D eigenvalue weighted by Gasteiger charge is -2.05. The minimum absolute atomic E-state index is 0.0170. The monoisotopic (exact) mass is 268 g/mol. The van der Waals surface area contributed by atoms with Crippen molar-refractivity contribution in [1.29, 1.82) is 0 Å². The highest BCUT2D eigenvalue weighted by atomic mass is 32.1. The molecule has 94 valence electrons. The van der Waals surface area contributed by atoms with E-state index in [1.165, 1.54) is 0 Å². The Balaban J connectivity index is 2.43. The molecule has 2 nitrogen and oxygen atoms in total. The summed E-state index contributed by atoms with van der Waals surface area (Å²) in [5, 5.41) is 2.60. The number of rotatable bonds is 2. The number of fused-ring (bicyclic) bond motifs is 1. The van der Waals surface area contributed by atoms with Gasteiger partial charge >= 0.3 is 0 Å². The van der Waals surface area contributed by atoms with Gasteiger partial charge in [0, 0.05) is 0 Å². The predicted octanol–water partition coefficient (Wildman–Crippen LogP) is 4.55. The first kappa shape index (κ1) is 11.9. The fourth-order valence-corrected chi connectivity index (χ4v) is 2.78. The van der Waals surface area contributed by atoms with Gasteiger partial charge in [-0.2, -0.15) is 0 Å². The molecule has 0 aliphatic heterocycles. The number of thiophene rings is 1. The van der Waals surface area contributed by atoms with Crippen LogP contribution in [0.4, 0.5) is 0 Å². The minimum atomic E-state index is 0.0170. The van der Waals surface area contributed by atoms with Crippen LogP contribution in [0.3, 0.4) is 0 Å². The molecule has 0 atom stereocenters. The van der Waals surface area contributed by atoms with Crippen molar-refractivity contribution >= 4 is 28.4 Å². The van der Waals surface area contributed by atoms with Crippen LogP contribution in [0.2, 0.25) is 0 Å². The smallest absolute Gasteiger partial charge is 0.200 e. The predicted molar refractivity (Wildman–Crippen MR) is 80.5 cm³/mol. The Morgan fingerprint density at radius 2 is 2.00 bits per heavy atom. The Morgan fingerprint density at radius 1 is 1.16 bits per heavy atom. The molecule has 0 aliphatic rings. The van der Waals surface area contributed by atoms with Gasteiger partial charge in [-0.15, -0.1) is 11.3 Å². The molecule has 0 amide bonds. The van der Waals surface area contributed by atoms with Crippen LogP contribution >= 0.6 is 11.3 Å². The van der Waals surface area contributed by atoms with Crippen LogP contribution in [0.25, 0.3) is 27.7 Å². The zero-order chi connectivity index (χ0) is 13.2. The first-order valence-electron chi connectivity index (χ1n) is 6.03. The zero-order valence-electron chi connectivity index (χ0n) is 10.4. The summed E-state index contributed by atoms with van der Waals surface area (Å²) in [5.74, 6) is 0.650. The van der Waals surface area contributed by atoms with Gasteiger partial charge in [-0.25, -0.2) is 0 Å². The van der Waals surface area contributed by atoms with Crippen LogP contribution in [0.5, 0.6) is 0 Å². The maximum atomic E-state index is 12.5. The second-order valence-electron chi connectivity index (χ2n) is 4.15. The molecule has 3 heteroatoms. The molecule has 0 radical (unpaired) electrons. The van der Waals surface area contributed by atoms with Crippen LogP contribution in [0.1, 0.15) is 12.5 Å². The summed E-state index contributed by atoms with van der Waals surface area (Å²) in [6.45, 7) is 1.90. The Kier molecular flexibility index (Phi) is 3.05. The molecule has 3 aromatic rings. The van der Waals surface area contributed by atoms with E-state index in [1.807, 2.05) is 54.8 Å². The second kappa shape index (κ2) is 4.86. The van der Waals surface area contributed by atoms with E-state index in [0.717, 1.165) is 4.88 Å². The molecular formula is C16H12O2S. The summed E-state index contributed by atoms with van der Waals surface area (Å²) in [5.41, 5.74) is 1.26. The molecule has 1 aromatic carbocycles. The summed E-state index contributed by atoms with van der Waals surface area (Å²) in [4.78, 5) is 13.5. The van der Waals surface area contributed by atoms with Crippen molar-refractivity contribution in [2.75, 3.05) is 0 Å². The van der Waals surface area contributed by atoms with E-state index < -0.39 is 0 Å². The molecule has 2 heterocycles. The van der Waals surface area contributed by atoms with Crippen molar-refractivity contribution in [2.45, 2.75) is 6.92 Å². The highest BCUT2D eigenvalue weighted by molar-refractivity contribution is 7.13. The largest absolute Gasteiger partial charge is 0.454 e. The number of hydrogen-bond acceptors (Lipinski definition) is 3. The van der Waals surface area contributed by atoms with Crippen molar-refractivity contribution in [3.05, 3.63) is 63.6 Å². The summed E-state index contributed by atoms with van der Waals surface area (Å²) in [6.07, 6.45) is 3.67. The van der Waals surface area contributed by atoms with E-state index in [-0.39, 0.29) is 5.43 Å². The minimum Gasteiger partial charge on any atom is -0.454 e. The van der Waals surface area contributed by atoms with E-state index in [0.29, 0.717) is 22.3 Å². The Hall–Kier alpha value is -2.13. The average molecular weight is 268 g/mol. The quantitative estimate of drug-likeness (QED) is 0.682. The summed E-state index contributed by atoms with van der Waals surface area (Å²) < 4.78 is 5.93. The lowest BCUT2D eigenvalue weighted by atomic mass is 10.1. The average Bonchev–Trinajstić information content (AvgIpc) is 2.96. The normalized spacial score (nSPS) is 11.4. The summed E-state index contributed by atoms with van der Waals surface area (Å²) in [6, 6.07) is 11.3. The third-order valence-electron chi connectivity index (χ3n) is 2.91. The van der Waals surface area contributed by atoms with Gasteiger partial charge in [-0.3, -0.25) is 4.79 Å². The molecule has 0 saturated heterocycles. The van der Waals surface area contributed by atoms with Gasteiger partial charge in [0.15, 0.2) is 5.76 Å². The fraction of sp³-hybridized carbons (Fsp3) is 0.0625. The number of hydrogen-bond donors (Lipinski definition) is 0. The Morgan fingerprint density at radius 3 is 2.74 bits per heavy atom. The number of allylic oxidation sites excluding steroid dienone is 1. The molecule has 0 bridgehead atoms. The van der Waals surface area contributed by atoms with Crippen molar-refractivity contribution in [1.82, 2.24) is 0 Å². The molecule has 2 aromatic heterocycles. The van der Waals surface area contributed by atoms with Gasteiger partial charge in [-0.1, -0.05) is 30.4 Å². The lowest BCUT2D eigenvalue weighted by molar-refractivity contribution is 0.619. The lowest BCUT2D eigenvalue weighted by Crippen LogP contribution is -2.06. The molecule has 0 unspecified atom stereocenters. The van der Waals surface area contributed by atoms with Crippen LogP contribution in [0, 0.1) is 0 Å². The SMILES string of the molecule is C/C=C/c1c(-c2cccs2)oc2ccccc2c1=O. The van der Waals surface area contributed by atoms with Crippen LogP contribution in [0.15, 0.2) is 57.1 Å². The van der Waals surface area contributed by atoms with E-state index in [2.05, 4.69) is 0 Å². The fourth-order valence-electron chi connectivity index (χ4n) is 2.07. The molecular weight excluding hydrogens is 256 g/mol. The first-order valence-corrected chi connectivity index (χ1v) is 6.91.